The summed E-state index contributed by atoms with van der Waals surface area (Å²) < 4.78 is 1.36. The summed E-state index contributed by atoms with van der Waals surface area (Å²) in [5.74, 6) is -0.300. The molecule has 0 aliphatic heterocycles. The van der Waals surface area contributed by atoms with E-state index in [2.05, 4.69) is 10.3 Å². The van der Waals surface area contributed by atoms with Crippen LogP contribution in [0, 0.1) is 0 Å². The number of aliphatic hydroxyl groups excluding tert-OH is 1. The Hall–Kier alpha value is -2.08. The number of rotatable bonds is 4. The fourth-order valence-corrected chi connectivity index (χ4v) is 1.66. The minimum Gasteiger partial charge on any atom is -0.395 e. The Morgan fingerprint density at radius 3 is 2.94 bits per heavy atom. The van der Waals surface area contributed by atoms with E-state index in [1.165, 1.54) is 4.57 Å². The number of para-hydroxylation sites is 2. The molecule has 0 spiro atoms. The molecule has 17 heavy (non-hydrogen) atoms. The van der Waals surface area contributed by atoms with Gasteiger partial charge in [-0.25, -0.2) is 4.79 Å². The lowest BCUT2D eigenvalue weighted by molar-refractivity contribution is -0.121. The highest BCUT2D eigenvalue weighted by Gasteiger charge is 2.09. The van der Waals surface area contributed by atoms with Crippen LogP contribution in [0.3, 0.4) is 0 Å². The molecule has 0 unspecified atom stereocenters. The topological polar surface area (TPSA) is 87.1 Å². The first-order chi connectivity index (χ1) is 8.22. The minimum atomic E-state index is -0.314. The summed E-state index contributed by atoms with van der Waals surface area (Å²) >= 11 is 0. The number of H-pyrrole nitrogens is 1. The number of imidazole rings is 1. The maximum atomic E-state index is 11.6. The zero-order valence-corrected chi connectivity index (χ0v) is 9.14. The Morgan fingerprint density at radius 1 is 1.41 bits per heavy atom. The van der Waals surface area contributed by atoms with Gasteiger partial charge in [0, 0.05) is 6.54 Å². The average molecular weight is 235 g/mol. The molecule has 6 nitrogen and oxygen atoms in total. The van der Waals surface area contributed by atoms with Crippen LogP contribution in [-0.4, -0.2) is 33.7 Å². The van der Waals surface area contributed by atoms with Crippen molar-refractivity contribution >= 4 is 16.9 Å². The van der Waals surface area contributed by atoms with Crippen molar-refractivity contribution in [3.05, 3.63) is 34.7 Å². The van der Waals surface area contributed by atoms with E-state index in [0.29, 0.717) is 11.0 Å². The molecule has 0 fully saturated rings. The molecule has 3 N–H and O–H groups in total. The van der Waals surface area contributed by atoms with Crippen LogP contribution in [-0.2, 0) is 11.3 Å². The van der Waals surface area contributed by atoms with Crippen LogP contribution in [0.5, 0.6) is 0 Å². The average Bonchev–Trinajstić information content (AvgIpc) is 2.64. The molecular weight excluding hydrogens is 222 g/mol. The number of benzene rings is 1. The van der Waals surface area contributed by atoms with Gasteiger partial charge in [0.25, 0.3) is 0 Å². The lowest BCUT2D eigenvalue weighted by Crippen LogP contribution is -2.32. The highest BCUT2D eigenvalue weighted by Crippen LogP contribution is 2.08. The summed E-state index contributed by atoms with van der Waals surface area (Å²) in [6.07, 6.45) is 0. The predicted molar refractivity (Wildman–Crippen MR) is 62.7 cm³/mol. The molecule has 90 valence electrons. The molecule has 0 aliphatic rings. The van der Waals surface area contributed by atoms with E-state index in [4.69, 9.17) is 5.11 Å². The summed E-state index contributed by atoms with van der Waals surface area (Å²) in [6, 6.07) is 7.16. The maximum absolute atomic E-state index is 11.6. The third-order valence-corrected chi connectivity index (χ3v) is 2.42. The van der Waals surface area contributed by atoms with Gasteiger partial charge in [-0.3, -0.25) is 9.36 Å². The number of hydrogen-bond acceptors (Lipinski definition) is 3. The van der Waals surface area contributed by atoms with Crippen LogP contribution >= 0.6 is 0 Å². The molecule has 1 heterocycles. The molecule has 6 heteroatoms. The Labute approximate surface area is 96.9 Å². The molecule has 1 aromatic heterocycles. The number of aliphatic hydroxyl groups is 1. The van der Waals surface area contributed by atoms with Gasteiger partial charge in [-0.1, -0.05) is 12.1 Å². The fourth-order valence-electron chi connectivity index (χ4n) is 1.66. The van der Waals surface area contributed by atoms with Crippen LogP contribution in [0.1, 0.15) is 0 Å². The van der Waals surface area contributed by atoms with Crippen molar-refractivity contribution in [1.82, 2.24) is 14.9 Å². The third-order valence-electron chi connectivity index (χ3n) is 2.42. The van der Waals surface area contributed by atoms with E-state index in [-0.39, 0.29) is 31.3 Å². The normalized spacial score (nSPS) is 10.6. The molecule has 0 atom stereocenters. The first-order valence-electron chi connectivity index (χ1n) is 5.27. The van der Waals surface area contributed by atoms with E-state index in [1.807, 2.05) is 6.07 Å². The van der Waals surface area contributed by atoms with Crippen molar-refractivity contribution in [2.75, 3.05) is 13.2 Å². The van der Waals surface area contributed by atoms with Crippen LogP contribution in [0.15, 0.2) is 29.1 Å². The highest BCUT2D eigenvalue weighted by atomic mass is 16.3. The van der Waals surface area contributed by atoms with Gasteiger partial charge in [0.05, 0.1) is 17.6 Å². The molecule has 0 saturated carbocycles. The van der Waals surface area contributed by atoms with Crippen LogP contribution in [0.4, 0.5) is 0 Å². The van der Waals surface area contributed by atoms with Gasteiger partial charge >= 0.3 is 5.69 Å². The summed E-state index contributed by atoms with van der Waals surface area (Å²) in [5.41, 5.74) is 1.08. The number of amides is 1. The number of carbonyl (C=O) groups excluding carboxylic acids is 1. The number of nitrogens with one attached hydrogen (secondary N) is 2. The predicted octanol–water partition coefficient (Wildman–Crippen LogP) is -0.562. The van der Waals surface area contributed by atoms with Gasteiger partial charge in [0.15, 0.2) is 0 Å². The van der Waals surface area contributed by atoms with E-state index >= 15 is 0 Å². The molecule has 1 amide bonds. The second-order valence-electron chi connectivity index (χ2n) is 3.61. The van der Waals surface area contributed by atoms with Gasteiger partial charge < -0.3 is 15.4 Å². The van der Waals surface area contributed by atoms with Crippen LogP contribution < -0.4 is 11.0 Å². The van der Waals surface area contributed by atoms with Crippen LogP contribution in [0.2, 0.25) is 0 Å². The quantitative estimate of drug-likeness (QED) is 0.663. The van der Waals surface area contributed by atoms with Crippen molar-refractivity contribution < 1.29 is 9.90 Å². The number of aromatic amines is 1. The van der Waals surface area contributed by atoms with Crippen molar-refractivity contribution in [3.8, 4) is 0 Å². The molecule has 2 aromatic rings. The Morgan fingerprint density at radius 2 is 2.18 bits per heavy atom. The zero-order valence-electron chi connectivity index (χ0n) is 9.14. The zero-order chi connectivity index (χ0) is 12.3. The van der Waals surface area contributed by atoms with Crippen molar-refractivity contribution in [2.45, 2.75) is 6.54 Å². The van der Waals surface area contributed by atoms with Gasteiger partial charge in [-0.15, -0.1) is 0 Å². The standard InChI is InChI=1S/C11H13N3O3/c15-6-5-12-10(16)7-14-9-4-2-1-3-8(9)13-11(14)17/h1-4,15H,5-7H2,(H,12,16)(H,13,17). The Bertz CT molecular complexity index is 585. The van der Waals surface area contributed by atoms with E-state index in [1.54, 1.807) is 18.2 Å². The lowest BCUT2D eigenvalue weighted by Gasteiger charge is -2.04. The molecule has 1 aromatic carbocycles. The molecule has 0 aliphatic carbocycles. The third kappa shape index (κ3) is 2.36. The van der Waals surface area contributed by atoms with E-state index in [0.717, 1.165) is 0 Å². The fraction of sp³-hybridized carbons (Fsp3) is 0.273. The van der Waals surface area contributed by atoms with Gasteiger partial charge in [-0.05, 0) is 12.1 Å². The maximum Gasteiger partial charge on any atom is 0.326 e. The monoisotopic (exact) mass is 235 g/mol. The Balaban J connectivity index is 2.26. The summed E-state index contributed by atoms with van der Waals surface area (Å²) in [7, 11) is 0. The second-order valence-corrected chi connectivity index (χ2v) is 3.61. The SMILES string of the molecule is O=C(Cn1c(=O)[nH]c2ccccc21)NCCO. The van der Waals surface area contributed by atoms with Crippen molar-refractivity contribution in [2.24, 2.45) is 0 Å². The van der Waals surface area contributed by atoms with Gasteiger partial charge in [0.2, 0.25) is 5.91 Å². The Kier molecular flexibility index (Phi) is 3.24. The minimum absolute atomic E-state index is 0.0527. The number of aromatic nitrogens is 2. The van der Waals surface area contributed by atoms with E-state index in [9.17, 15) is 9.59 Å². The first kappa shape index (κ1) is 11.4. The number of carbonyl (C=O) groups is 1. The number of fused-ring (bicyclic) bond motifs is 1. The van der Waals surface area contributed by atoms with E-state index < -0.39 is 0 Å². The largest absolute Gasteiger partial charge is 0.395 e. The molecule has 0 bridgehead atoms. The van der Waals surface area contributed by atoms with Crippen molar-refractivity contribution in [1.29, 1.82) is 0 Å². The lowest BCUT2D eigenvalue weighted by atomic mass is 10.3. The van der Waals surface area contributed by atoms with Gasteiger partial charge in [0.1, 0.15) is 6.54 Å². The van der Waals surface area contributed by atoms with Crippen molar-refractivity contribution in [3.63, 3.8) is 0 Å². The molecule has 2 rings (SSSR count). The van der Waals surface area contributed by atoms with Gasteiger partial charge in [-0.2, -0.15) is 0 Å². The summed E-state index contributed by atoms with van der Waals surface area (Å²) in [4.78, 5) is 25.8. The molecule has 0 radical (unpaired) electrons. The second kappa shape index (κ2) is 4.84. The number of nitrogens with zero attached hydrogens (tertiary/aromatic N) is 1. The highest BCUT2D eigenvalue weighted by molar-refractivity contribution is 5.80. The number of hydrogen-bond donors (Lipinski definition) is 3. The molecule has 0 saturated heterocycles. The molecular formula is C11H13N3O3. The summed E-state index contributed by atoms with van der Waals surface area (Å²) in [6.45, 7) is 0.0211. The first-order valence-corrected chi connectivity index (χ1v) is 5.27. The van der Waals surface area contributed by atoms with Crippen LogP contribution in [0.25, 0.3) is 11.0 Å². The summed E-state index contributed by atoms with van der Waals surface area (Å²) in [5, 5.41) is 11.1. The smallest absolute Gasteiger partial charge is 0.326 e.